The van der Waals surface area contributed by atoms with Gasteiger partial charge in [-0.05, 0) is 55.8 Å². The lowest BCUT2D eigenvalue weighted by Gasteiger charge is -2.32. The molecule has 5 rings (SSSR count). The maximum Gasteiger partial charge on any atom is 0.251 e. The van der Waals surface area contributed by atoms with E-state index in [0.29, 0.717) is 11.4 Å². The third-order valence-electron chi connectivity index (χ3n) is 5.91. The summed E-state index contributed by atoms with van der Waals surface area (Å²) >= 11 is 0. The van der Waals surface area contributed by atoms with E-state index in [1.54, 1.807) is 23.1 Å². The van der Waals surface area contributed by atoms with Crippen molar-refractivity contribution in [3.63, 3.8) is 0 Å². The van der Waals surface area contributed by atoms with Crippen LogP contribution >= 0.6 is 0 Å². The van der Waals surface area contributed by atoms with Crippen LogP contribution in [0, 0.1) is 13.8 Å². The van der Waals surface area contributed by atoms with Crippen LogP contribution in [0.4, 0.5) is 5.82 Å². The Morgan fingerprint density at radius 3 is 2.48 bits per heavy atom. The number of carbonyl (C=O) groups excluding carboxylic acids is 2. The zero-order chi connectivity index (χ0) is 22.9. The summed E-state index contributed by atoms with van der Waals surface area (Å²) in [6.45, 7) is 3.85. The predicted octanol–water partition coefficient (Wildman–Crippen LogP) is 3.77. The number of amides is 2. The topological polar surface area (TPSA) is 88.9 Å². The first-order chi connectivity index (χ1) is 16.0. The minimum atomic E-state index is -0.806. The van der Waals surface area contributed by atoms with Crippen LogP contribution in [0.3, 0.4) is 0 Å². The van der Waals surface area contributed by atoms with E-state index in [1.807, 2.05) is 74.5 Å². The second-order valence-corrected chi connectivity index (χ2v) is 8.16. The Bertz CT molecular complexity index is 1330. The molecule has 0 fully saturated rings. The van der Waals surface area contributed by atoms with Gasteiger partial charge in [0.05, 0.1) is 11.4 Å². The molecular formula is C26H23N5O2. The largest absolute Gasteiger partial charge is 0.339 e. The van der Waals surface area contributed by atoms with Crippen molar-refractivity contribution in [1.82, 2.24) is 20.1 Å². The van der Waals surface area contributed by atoms with Gasteiger partial charge in [0.25, 0.3) is 5.91 Å². The molecule has 7 heteroatoms. The second kappa shape index (κ2) is 8.35. The van der Waals surface area contributed by atoms with Gasteiger partial charge in [0, 0.05) is 29.4 Å². The molecule has 1 aliphatic rings. The van der Waals surface area contributed by atoms with E-state index in [1.165, 1.54) is 0 Å². The maximum absolute atomic E-state index is 13.4. The molecule has 0 aliphatic carbocycles. The third kappa shape index (κ3) is 3.78. The van der Waals surface area contributed by atoms with Crippen molar-refractivity contribution in [2.24, 2.45) is 0 Å². The maximum atomic E-state index is 13.4. The Balaban J connectivity index is 1.61. The fraction of sp³-hybridized carbons (Fsp3) is 0.154. The Labute approximate surface area is 191 Å². The number of nitrogens with zero attached hydrogens (tertiary/aromatic N) is 3. The molecule has 2 aromatic carbocycles. The number of pyridine rings is 1. The number of rotatable bonds is 4. The highest BCUT2D eigenvalue weighted by atomic mass is 16.2. The third-order valence-corrected chi connectivity index (χ3v) is 5.91. The summed E-state index contributed by atoms with van der Waals surface area (Å²) in [5.74, 6) is -0.383. The van der Waals surface area contributed by atoms with E-state index in [2.05, 4.69) is 15.6 Å². The molecule has 0 saturated heterocycles. The average molecular weight is 438 g/mol. The van der Waals surface area contributed by atoms with Gasteiger partial charge in [-0.15, -0.1) is 0 Å². The standard InChI is InChI=1S/C26H23N5O2/c1-16-7-6-8-19(15-16)25(32)28-23-22(18-11-13-27-14-12-18)21-17(2)30-31(24(21)29-26(23)33)20-9-4-3-5-10-20/h3-15,22-23H,1-2H3,(H,28,32)(H,29,33)/t22-,23+/m0/s1. The number of nitrogens with one attached hydrogen (secondary N) is 2. The van der Waals surface area contributed by atoms with E-state index >= 15 is 0 Å². The van der Waals surface area contributed by atoms with Gasteiger partial charge in [-0.3, -0.25) is 14.6 Å². The van der Waals surface area contributed by atoms with E-state index in [0.717, 1.165) is 28.1 Å². The Morgan fingerprint density at radius 2 is 1.76 bits per heavy atom. The predicted molar refractivity (Wildman–Crippen MR) is 125 cm³/mol. The summed E-state index contributed by atoms with van der Waals surface area (Å²) in [6.07, 6.45) is 3.38. The van der Waals surface area contributed by atoms with Gasteiger partial charge in [-0.2, -0.15) is 5.10 Å². The monoisotopic (exact) mass is 437 g/mol. The number of benzene rings is 2. The lowest BCUT2D eigenvalue weighted by atomic mass is 9.82. The second-order valence-electron chi connectivity index (χ2n) is 8.16. The quantitative estimate of drug-likeness (QED) is 0.509. The van der Waals surface area contributed by atoms with Crippen molar-refractivity contribution >= 4 is 17.6 Å². The molecular weight excluding hydrogens is 414 g/mol. The van der Waals surface area contributed by atoms with Gasteiger partial charge in [0.2, 0.25) is 5.91 Å². The van der Waals surface area contributed by atoms with E-state index in [9.17, 15) is 9.59 Å². The van der Waals surface area contributed by atoms with Gasteiger partial charge in [-0.25, -0.2) is 4.68 Å². The molecule has 0 radical (unpaired) electrons. The number of aromatic nitrogens is 3. The molecule has 0 saturated carbocycles. The highest BCUT2D eigenvalue weighted by molar-refractivity contribution is 6.04. The Hall–Kier alpha value is -4.26. The Morgan fingerprint density at radius 1 is 1.00 bits per heavy atom. The highest BCUT2D eigenvalue weighted by Gasteiger charge is 2.41. The fourth-order valence-electron chi connectivity index (χ4n) is 4.39. The van der Waals surface area contributed by atoms with E-state index in [4.69, 9.17) is 5.10 Å². The lowest BCUT2D eigenvalue weighted by molar-refractivity contribution is -0.118. The van der Waals surface area contributed by atoms with Gasteiger partial charge >= 0.3 is 0 Å². The number of hydrogen-bond donors (Lipinski definition) is 2. The summed E-state index contributed by atoms with van der Waals surface area (Å²) in [6, 6.07) is 19.9. The van der Waals surface area contributed by atoms with Crippen LogP contribution in [0.1, 0.15) is 38.7 Å². The minimum Gasteiger partial charge on any atom is -0.339 e. The molecule has 0 bridgehead atoms. The van der Waals surface area contributed by atoms with Gasteiger partial charge < -0.3 is 10.6 Å². The number of fused-ring (bicyclic) bond motifs is 1. The summed E-state index contributed by atoms with van der Waals surface area (Å²) in [7, 11) is 0. The molecule has 0 unspecified atom stereocenters. The van der Waals surface area contributed by atoms with Crippen molar-refractivity contribution in [2.75, 3.05) is 5.32 Å². The molecule has 2 amide bonds. The number of para-hydroxylation sites is 1. The van der Waals surface area contributed by atoms with Crippen LogP contribution in [-0.2, 0) is 4.79 Å². The van der Waals surface area contributed by atoms with E-state index in [-0.39, 0.29) is 11.8 Å². The van der Waals surface area contributed by atoms with Crippen LogP contribution in [0.15, 0.2) is 79.1 Å². The molecule has 2 atom stereocenters. The molecule has 7 nitrogen and oxygen atoms in total. The number of aryl methyl sites for hydroxylation is 2. The average Bonchev–Trinajstić information content (AvgIpc) is 3.16. The number of carbonyl (C=O) groups is 2. The summed E-state index contributed by atoms with van der Waals surface area (Å²) in [4.78, 5) is 30.6. The molecule has 33 heavy (non-hydrogen) atoms. The van der Waals surface area contributed by atoms with Crippen LogP contribution in [0.25, 0.3) is 5.69 Å². The zero-order valence-electron chi connectivity index (χ0n) is 18.3. The summed E-state index contributed by atoms with van der Waals surface area (Å²) in [5, 5.41) is 10.7. The van der Waals surface area contributed by atoms with Crippen LogP contribution in [0.5, 0.6) is 0 Å². The molecule has 0 spiro atoms. The molecule has 3 heterocycles. The zero-order valence-corrected chi connectivity index (χ0v) is 18.3. The smallest absolute Gasteiger partial charge is 0.251 e. The molecule has 2 N–H and O–H groups in total. The SMILES string of the molecule is Cc1cccc(C(=O)N[C@H]2C(=O)Nc3c(c(C)nn3-c3ccccc3)[C@@H]2c2ccncc2)c1. The summed E-state index contributed by atoms with van der Waals surface area (Å²) < 4.78 is 1.75. The molecule has 164 valence electrons. The first-order valence-electron chi connectivity index (χ1n) is 10.8. The minimum absolute atomic E-state index is 0.289. The number of anilines is 1. The van der Waals surface area contributed by atoms with E-state index < -0.39 is 12.0 Å². The number of hydrogen-bond acceptors (Lipinski definition) is 4. The summed E-state index contributed by atoms with van der Waals surface area (Å²) in [5.41, 5.74) is 4.87. The normalized spacial score (nSPS) is 17.2. The van der Waals surface area contributed by atoms with Crippen LogP contribution in [0.2, 0.25) is 0 Å². The molecule has 4 aromatic rings. The fourth-order valence-corrected chi connectivity index (χ4v) is 4.39. The first-order valence-corrected chi connectivity index (χ1v) is 10.8. The lowest BCUT2D eigenvalue weighted by Crippen LogP contribution is -2.50. The Kier molecular flexibility index (Phi) is 5.22. The highest BCUT2D eigenvalue weighted by Crippen LogP contribution is 2.40. The molecule has 2 aromatic heterocycles. The van der Waals surface area contributed by atoms with Crippen molar-refractivity contribution in [2.45, 2.75) is 25.8 Å². The van der Waals surface area contributed by atoms with Crippen molar-refractivity contribution in [3.8, 4) is 5.69 Å². The molecule has 1 aliphatic heterocycles. The van der Waals surface area contributed by atoms with Crippen molar-refractivity contribution in [1.29, 1.82) is 0 Å². The van der Waals surface area contributed by atoms with Gasteiger partial charge in [0.15, 0.2) is 0 Å². The van der Waals surface area contributed by atoms with Crippen LogP contribution in [-0.4, -0.2) is 32.6 Å². The first kappa shape index (κ1) is 20.6. The van der Waals surface area contributed by atoms with Crippen molar-refractivity contribution in [3.05, 3.63) is 107 Å². The van der Waals surface area contributed by atoms with Crippen molar-refractivity contribution < 1.29 is 9.59 Å². The van der Waals surface area contributed by atoms with Crippen LogP contribution < -0.4 is 10.6 Å². The van der Waals surface area contributed by atoms with Gasteiger partial charge in [-0.1, -0.05) is 35.9 Å². The van der Waals surface area contributed by atoms with Gasteiger partial charge in [0.1, 0.15) is 11.9 Å².